The van der Waals surface area contributed by atoms with Gasteiger partial charge in [0.25, 0.3) is 0 Å². The highest BCUT2D eigenvalue weighted by Crippen LogP contribution is 2.31. The number of rotatable bonds is 5. The minimum atomic E-state index is 0.270. The quantitative estimate of drug-likeness (QED) is 0.360. The van der Waals surface area contributed by atoms with Crippen LogP contribution in [0.2, 0.25) is 5.02 Å². The molecule has 0 amide bonds. The van der Waals surface area contributed by atoms with Crippen LogP contribution in [0.3, 0.4) is 0 Å². The summed E-state index contributed by atoms with van der Waals surface area (Å²) >= 11 is 6.14. The van der Waals surface area contributed by atoms with Gasteiger partial charge in [-0.05, 0) is 61.2 Å². The molecular formula is C24H27ClN4. The number of hydrogen-bond donors (Lipinski definition) is 0. The van der Waals surface area contributed by atoms with Crippen LogP contribution in [-0.4, -0.2) is 36.9 Å². The van der Waals surface area contributed by atoms with Gasteiger partial charge >= 0.3 is 0 Å². The normalized spacial score (nSPS) is 15.7. The summed E-state index contributed by atoms with van der Waals surface area (Å²) in [4.78, 5) is 9.61. The molecule has 0 radical (unpaired) electrons. The van der Waals surface area contributed by atoms with Crippen molar-refractivity contribution >= 4 is 28.8 Å². The number of benzene rings is 2. The van der Waals surface area contributed by atoms with Gasteiger partial charge in [-0.3, -0.25) is 0 Å². The Hall–Kier alpha value is -2.77. The summed E-state index contributed by atoms with van der Waals surface area (Å²) in [5, 5.41) is 10.0. The number of nitriles is 1. The summed E-state index contributed by atoms with van der Waals surface area (Å²) in [6, 6.07) is 16.0. The molecular weight excluding hydrogens is 380 g/mol. The summed E-state index contributed by atoms with van der Waals surface area (Å²) in [5.74, 6) is 1.28. The van der Waals surface area contributed by atoms with E-state index in [0.29, 0.717) is 5.56 Å². The zero-order valence-corrected chi connectivity index (χ0v) is 17.9. The highest BCUT2D eigenvalue weighted by Gasteiger charge is 2.19. The van der Waals surface area contributed by atoms with Gasteiger partial charge in [0, 0.05) is 36.9 Å². The van der Waals surface area contributed by atoms with Crippen LogP contribution in [0.1, 0.15) is 37.3 Å². The Balaban J connectivity index is 1.75. The van der Waals surface area contributed by atoms with E-state index in [9.17, 15) is 5.26 Å². The first kappa shape index (κ1) is 21.0. The zero-order valence-electron chi connectivity index (χ0n) is 17.1. The van der Waals surface area contributed by atoms with E-state index in [0.717, 1.165) is 54.7 Å². The molecule has 1 atom stereocenters. The van der Waals surface area contributed by atoms with E-state index < -0.39 is 0 Å². The largest absolute Gasteiger partial charge is 0.368 e. The Labute approximate surface area is 178 Å². The molecule has 1 aliphatic rings. The van der Waals surface area contributed by atoms with Crippen LogP contribution >= 0.6 is 11.6 Å². The fraction of sp³-hybridized carbons (Fsp3) is 0.333. The average Bonchev–Trinajstić information content (AvgIpc) is 2.74. The molecule has 4 nitrogen and oxygen atoms in total. The number of aliphatic imine (C=N–C) groups is 1. The van der Waals surface area contributed by atoms with E-state index >= 15 is 0 Å². The van der Waals surface area contributed by atoms with Crippen molar-refractivity contribution in [3.05, 3.63) is 71.3 Å². The van der Waals surface area contributed by atoms with E-state index in [1.165, 1.54) is 5.69 Å². The molecule has 0 spiro atoms. The van der Waals surface area contributed by atoms with Crippen LogP contribution in [0.25, 0.3) is 0 Å². The summed E-state index contributed by atoms with van der Waals surface area (Å²) < 4.78 is 0. The first-order valence-electron chi connectivity index (χ1n) is 9.97. The number of allylic oxidation sites excluding steroid dienone is 1. The maximum absolute atomic E-state index is 9.26. The monoisotopic (exact) mass is 406 g/mol. The predicted molar refractivity (Wildman–Crippen MR) is 122 cm³/mol. The molecule has 1 aliphatic heterocycles. The minimum absolute atomic E-state index is 0.270. The van der Waals surface area contributed by atoms with Gasteiger partial charge in [-0.2, -0.15) is 5.26 Å². The fourth-order valence-electron chi connectivity index (χ4n) is 3.70. The standard InChI is InChI=1S/C24H27ClN4/c1-4-6-18(2)23-15-20(17-26)9-10-24(23)27-19(3)28-11-13-29(14-12-28)22-8-5-7-21(25)16-22/h4-5,7-10,15-16,18H,1,6,11-14H2,2-3H3/b27-19+. The van der Waals surface area contributed by atoms with Gasteiger partial charge < -0.3 is 9.80 Å². The summed E-state index contributed by atoms with van der Waals surface area (Å²) in [6.07, 6.45) is 2.77. The Morgan fingerprint density at radius 2 is 2.00 bits per heavy atom. The van der Waals surface area contributed by atoms with Crippen molar-refractivity contribution in [3.63, 3.8) is 0 Å². The third-order valence-electron chi connectivity index (χ3n) is 5.40. The van der Waals surface area contributed by atoms with Crippen LogP contribution in [0.5, 0.6) is 0 Å². The molecule has 0 bridgehead atoms. The molecule has 1 fully saturated rings. The van der Waals surface area contributed by atoms with Crippen LogP contribution in [0.4, 0.5) is 11.4 Å². The van der Waals surface area contributed by atoms with Gasteiger partial charge in [-0.15, -0.1) is 6.58 Å². The second-order valence-corrected chi connectivity index (χ2v) is 7.86. The SMILES string of the molecule is C=CCC(C)c1cc(C#N)ccc1/N=C(\C)N1CCN(c2cccc(Cl)c2)CC1. The van der Waals surface area contributed by atoms with Gasteiger partial charge in [0.15, 0.2) is 0 Å². The van der Waals surface area contributed by atoms with Crippen LogP contribution in [0.15, 0.2) is 60.1 Å². The molecule has 5 heteroatoms. The molecule has 1 saturated heterocycles. The lowest BCUT2D eigenvalue weighted by Gasteiger charge is -2.37. The molecule has 0 aromatic heterocycles. The molecule has 0 aliphatic carbocycles. The van der Waals surface area contributed by atoms with E-state index in [1.54, 1.807) is 0 Å². The molecule has 2 aromatic carbocycles. The van der Waals surface area contributed by atoms with Crippen molar-refractivity contribution in [1.29, 1.82) is 5.26 Å². The molecule has 0 N–H and O–H groups in total. The maximum Gasteiger partial charge on any atom is 0.102 e. The Morgan fingerprint density at radius 1 is 1.24 bits per heavy atom. The van der Waals surface area contributed by atoms with Gasteiger partial charge in [0.05, 0.1) is 17.3 Å². The molecule has 29 heavy (non-hydrogen) atoms. The number of amidine groups is 1. The van der Waals surface area contributed by atoms with Gasteiger partial charge in [-0.1, -0.05) is 30.7 Å². The van der Waals surface area contributed by atoms with Crippen molar-refractivity contribution in [2.75, 3.05) is 31.1 Å². The second-order valence-electron chi connectivity index (χ2n) is 7.42. The summed E-state index contributed by atoms with van der Waals surface area (Å²) in [6.45, 7) is 11.7. The van der Waals surface area contributed by atoms with Crippen LogP contribution in [0, 0.1) is 11.3 Å². The van der Waals surface area contributed by atoms with Crippen LogP contribution < -0.4 is 4.90 Å². The molecule has 0 saturated carbocycles. The van der Waals surface area contributed by atoms with Crippen molar-refractivity contribution in [1.82, 2.24) is 4.90 Å². The summed E-state index contributed by atoms with van der Waals surface area (Å²) in [7, 11) is 0. The van der Waals surface area contributed by atoms with Gasteiger partial charge in [0.1, 0.15) is 5.84 Å². The molecule has 1 heterocycles. The predicted octanol–water partition coefficient (Wildman–Crippen LogP) is 5.76. The van der Waals surface area contributed by atoms with E-state index in [1.807, 2.05) is 42.5 Å². The third-order valence-corrected chi connectivity index (χ3v) is 5.64. The molecule has 2 aromatic rings. The first-order chi connectivity index (χ1) is 14.0. The lowest BCUT2D eigenvalue weighted by atomic mass is 9.94. The Morgan fingerprint density at radius 3 is 2.66 bits per heavy atom. The van der Waals surface area contributed by atoms with Crippen LogP contribution in [-0.2, 0) is 0 Å². The van der Waals surface area contributed by atoms with E-state index in [2.05, 4.69) is 42.4 Å². The summed E-state index contributed by atoms with van der Waals surface area (Å²) in [5.41, 5.74) is 3.87. The number of halogens is 1. The number of nitrogens with zero attached hydrogens (tertiary/aromatic N) is 4. The lowest BCUT2D eigenvalue weighted by molar-refractivity contribution is 0.384. The number of piperazine rings is 1. The van der Waals surface area contributed by atoms with Crippen molar-refractivity contribution in [2.45, 2.75) is 26.2 Å². The van der Waals surface area contributed by atoms with E-state index in [4.69, 9.17) is 16.6 Å². The van der Waals surface area contributed by atoms with Gasteiger partial charge in [-0.25, -0.2) is 4.99 Å². The van der Waals surface area contributed by atoms with Gasteiger partial charge in [0.2, 0.25) is 0 Å². The Bertz CT molecular complexity index is 936. The average molecular weight is 407 g/mol. The zero-order chi connectivity index (χ0) is 20.8. The number of hydrogen-bond acceptors (Lipinski definition) is 3. The third kappa shape index (κ3) is 5.19. The molecule has 3 rings (SSSR count). The van der Waals surface area contributed by atoms with Crippen molar-refractivity contribution < 1.29 is 0 Å². The topological polar surface area (TPSA) is 42.6 Å². The minimum Gasteiger partial charge on any atom is -0.368 e. The first-order valence-corrected chi connectivity index (χ1v) is 10.4. The maximum atomic E-state index is 9.26. The fourth-order valence-corrected chi connectivity index (χ4v) is 3.89. The highest BCUT2D eigenvalue weighted by atomic mass is 35.5. The Kier molecular flexibility index (Phi) is 6.95. The van der Waals surface area contributed by atoms with Crippen molar-refractivity contribution in [2.24, 2.45) is 4.99 Å². The molecule has 1 unspecified atom stereocenters. The smallest absolute Gasteiger partial charge is 0.102 e. The van der Waals surface area contributed by atoms with Crippen molar-refractivity contribution in [3.8, 4) is 6.07 Å². The highest BCUT2D eigenvalue weighted by molar-refractivity contribution is 6.30. The van der Waals surface area contributed by atoms with E-state index in [-0.39, 0.29) is 5.92 Å². The number of anilines is 1. The molecule has 150 valence electrons. The second kappa shape index (κ2) is 9.62. The lowest BCUT2D eigenvalue weighted by Crippen LogP contribution is -2.48.